The third-order valence-corrected chi connectivity index (χ3v) is 4.83. The number of hydrogen-bond donors (Lipinski definition) is 1. The van der Waals surface area contributed by atoms with Gasteiger partial charge in [-0.2, -0.15) is 0 Å². The second kappa shape index (κ2) is 10.4. The van der Waals surface area contributed by atoms with E-state index >= 15 is 0 Å². The Morgan fingerprint density at radius 1 is 1.15 bits per heavy atom. The van der Waals surface area contributed by atoms with E-state index in [1.807, 2.05) is 0 Å². The molecule has 1 N–H and O–H groups in total. The van der Waals surface area contributed by atoms with Gasteiger partial charge >= 0.3 is 5.97 Å². The minimum absolute atomic E-state index is 0.188. The zero-order valence-electron chi connectivity index (χ0n) is 15.8. The molecule has 146 valence electrons. The van der Waals surface area contributed by atoms with Crippen LogP contribution in [0.25, 0.3) is 0 Å². The summed E-state index contributed by atoms with van der Waals surface area (Å²) in [7, 11) is 1.51. The molecule has 0 aliphatic carbocycles. The number of methoxy groups -OCH3 is 1. The molecular weight excluding hydrogens is 336 g/mol. The first-order valence-electron chi connectivity index (χ1n) is 9.30. The molecule has 0 spiro atoms. The van der Waals surface area contributed by atoms with Crippen LogP contribution in [0.3, 0.4) is 0 Å². The molecule has 0 unspecified atom stereocenters. The Morgan fingerprint density at radius 3 is 2.46 bits per heavy atom. The standard InChI is InChI=1S/C20H30O6/c1-3-20(14-25-15-20)13-24-10-6-4-5-7-11-26-17-9-8-16(19(21)22)12-18(17)23-2/h8-9,12H,3-7,10-11,13-15H2,1-2H3,(H,21,22). The van der Waals surface area contributed by atoms with Crippen LogP contribution in [0.2, 0.25) is 0 Å². The predicted octanol–water partition coefficient (Wildman–Crippen LogP) is 3.78. The Balaban J connectivity index is 1.54. The van der Waals surface area contributed by atoms with Crippen LogP contribution < -0.4 is 9.47 Å². The highest BCUT2D eigenvalue weighted by Crippen LogP contribution is 2.31. The molecule has 26 heavy (non-hydrogen) atoms. The zero-order valence-corrected chi connectivity index (χ0v) is 15.8. The largest absolute Gasteiger partial charge is 0.493 e. The third-order valence-electron chi connectivity index (χ3n) is 4.83. The molecule has 1 aromatic carbocycles. The van der Waals surface area contributed by atoms with Gasteiger partial charge in [0.05, 0.1) is 39.1 Å². The topological polar surface area (TPSA) is 74.2 Å². The molecule has 1 fully saturated rings. The van der Waals surface area contributed by atoms with E-state index in [4.69, 9.17) is 24.1 Å². The molecule has 1 aliphatic heterocycles. The molecule has 0 atom stereocenters. The minimum Gasteiger partial charge on any atom is -0.493 e. The quantitative estimate of drug-likeness (QED) is 0.536. The Bertz CT molecular complexity index is 562. The number of aromatic carboxylic acids is 1. The molecular formula is C20H30O6. The van der Waals surface area contributed by atoms with E-state index in [9.17, 15) is 4.79 Å². The summed E-state index contributed by atoms with van der Waals surface area (Å²) in [5, 5.41) is 8.99. The summed E-state index contributed by atoms with van der Waals surface area (Å²) in [4.78, 5) is 11.0. The molecule has 6 nitrogen and oxygen atoms in total. The van der Waals surface area contributed by atoms with Gasteiger partial charge in [0, 0.05) is 12.0 Å². The molecule has 0 aromatic heterocycles. The van der Waals surface area contributed by atoms with Gasteiger partial charge in [0.25, 0.3) is 0 Å². The summed E-state index contributed by atoms with van der Waals surface area (Å²) in [6.45, 7) is 6.04. The molecule has 2 rings (SSSR count). The number of benzene rings is 1. The van der Waals surface area contributed by atoms with Gasteiger partial charge in [0.2, 0.25) is 0 Å². The number of unbranched alkanes of at least 4 members (excludes halogenated alkanes) is 3. The summed E-state index contributed by atoms with van der Waals surface area (Å²) in [5.74, 6) is 0.0447. The van der Waals surface area contributed by atoms with Gasteiger partial charge in [-0.3, -0.25) is 0 Å². The first-order chi connectivity index (χ1) is 12.6. The van der Waals surface area contributed by atoms with Crippen LogP contribution in [-0.4, -0.2) is 51.2 Å². The van der Waals surface area contributed by atoms with Crippen molar-refractivity contribution >= 4 is 5.97 Å². The van der Waals surface area contributed by atoms with Crippen molar-refractivity contribution in [3.8, 4) is 11.5 Å². The average molecular weight is 366 g/mol. The maximum atomic E-state index is 11.0. The number of hydrogen-bond acceptors (Lipinski definition) is 5. The summed E-state index contributed by atoms with van der Waals surface area (Å²) in [6, 6.07) is 4.64. The fraction of sp³-hybridized carbons (Fsp3) is 0.650. The monoisotopic (exact) mass is 366 g/mol. The van der Waals surface area contributed by atoms with Crippen LogP contribution in [0.15, 0.2) is 18.2 Å². The van der Waals surface area contributed by atoms with Crippen molar-refractivity contribution in [1.29, 1.82) is 0 Å². The molecule has 0 saturated carbocycles. The molecule has 1 aromatic rings. The fourth-order valence-electron chi connectivity index (χ4n) is 2.83. The first-order valence-corrected chi connectivity index (χ1v) is 9.30. The van der Waals surface area contributed by atoms with Crippen molar-refractivity contribution < 1.29 is 28.8 Å². The van der Waals surface area contributed by atoms with Crippen molar-refractivity contribution in [2.24, 2.45) is 5.41 Å². The van der Waals surface area contributed by atoms with Crippen molar-refractivity contribution in [1.82, 2.24) is 0 Å². The molecule has 6 heteroatoms. The minimum atomic E-state index is -0.980. The lowest BCUT2D eigenvalue weighted by Crippen LogP contribution is -2.45. The Labute approximate surface area is 155 Å². The van der Waals surface area contributed by atoms with Crippen LogP contribution in [-0.2, 0) is 9.47 Å². The van der Waals surface area contributed by atoms with Gasteiger partial charge in [0.15, 0.2) is 11.5 Å². The van der Waals surface area contributed by atoms with E-state index in [0.29, 0.717) is 18.1 Å². The number of carbonyl (C=O) groups is 1. The molecule has 1 heterocycles. The number of carboxylic acids is 1. The van der Waals surface area contributed by atoms with Crippen molar-refractivity contribution in [2.75, 3.05) is 40.1 Å². The van der Waals surface area contributed by atoms with Gasteiger partial charge in [-0.25, -0.2) is 4.79 Å². The predicted molar refractivity (Wildman–Crippen MR) is 98.3 cm³/mol. The third kappa shape index (κ3) is 5.88. The molecule has 1 aliphatic rings. The molecule has 1 saturated heterocycles. The summed E-state index contributed by atoms with van der Waals surface area (Å²) in [5.41, 5.74) is 0.454. The Kier molecular flexibility index (Phi) is 8.19. The van der Waals surface area contributed by atoms with Crippen LogP contribution in [0, 0.1) is 5.41 Å². The summed E-state index contributed by atoms with van der Waals surface area (Å²) >= 11 is 0. The maximum absolute atomic E-state index is 11.0. The van der Waals surface area contributed by atoms with E-state index in [1.165, 1.54) is 19.2 Å². The van der Waals surface area contributed by atoms with Gasteiger partial charge < -0.3 is 24.1 Å². The van der Waals surface area contributed by atoms with E-state index in [2.05, 4.69) is 6.92 Å². The van der Waals surface area contributed by atoms with Gasteiger partial charge in [-0.05, 0) is 43.9 Å². The normalized spacial score (nSPS) is 15.3. The molecule has 0 amide bonds. The lowest BCUT2D eigenvalue weighted by atomic mass is 9.84. The number of carboxylic acid groups (broad SMARTS) is 1. The van der Waals surface area contributed by atoms with Gasteiger partial charge in [0.1, 0.15) is 0 Å². The smallest absolute Gasteiger partial charge is 0.335 e. The zero-order chi connectivity index (χ0) is 18.8. The average Bonchev–Trinajstić information content (AvgIpc) is 2.62. The van der Waals surface area contributed by atoms with Crippen LogP contribution in [0.5, 0.6) is 11.5 Å². The Morgan fingerprint density at radius 2 is 1.88 bits per heavy atom. The molecule has 0 radical (unpaired) electrons. The highest BCUT2D eigenvalue weighted by molar-refractivity contribution is 5.88. The lowest BCUT2D eigenvalue weighted by molar-refractivity contribution is -0.150. The second-order valence-corrected chi connectivity index (χ2v) is 6.83. The van der Waals surface area contributed by atoms with Crippen molar-refractivity contribution in [3.63, 3.8) is 0 Å². The fourth-order valence-corrected chi connectivity index (χ4v) is 2.83. The van der Waals surface area contributed by atoms with Crippen LogP contribution in [0.1, 0.15) is 49.4 Å². The highest BCUT2D eigenvalue weighted by atomic mass is 16.5. The van der Waals surface area contributed by atoms with E-state index < -0.39 is 5.97 Å². The second-order valence-electron chi connectivity index (χ2n) is 6.83. The highest BCUT2D eigenvalue weighted by Gasteiger charge is 2.36. The lowest BCUT2D eigenvalue weighted by Gasteiger charge is -2.40. The SMILES string of the molecule is CCC1(COCCCCCCOc2ccc(C(=O)O)cc2OC)COC1. The number of rotatable bonds is 13. The van der Waals surface area contributed by atoms with Gasteiger partial charge in [-0.15, -0.1) is 0 Å². The van der Waals surface area contributed by atoms with Crippen LogP contribution in [0.4, 0.5) is 0 Å². The van der Waals surface area contributed by atoms with E-state index in [-0.39, 0.29) is 11.0 Å². The van der Waals surface area contributed by atoms with Crippen molar-refractivity contribution in [2.45, 2.75) is 39.0 Å². The van der Waals surface area contributed by atoms with Gasteiger partial charge in [-0.1, -0.05) is 13.3 Å². The maximum Gasteiger partial charge on any atom is 0.335 e. The van der Waals surface area contributed by atoms with Crippen LogP contribution >= 0.6 is 0 Å². The van der Waals surface area contributed by atoms with E-state index in [1.54, 1.807) is 6.07 Å². The van der Waals surface area contributed by atoms with Crippen molar-refractivity contribution in [3.05, 3.63) is 23.8 Å². The van der Waals surface area contributed by atoms with E-state index in [0.717, 1.165) is 58.5 Å². The summed E-state index contributed by atoms with van der Waals surface area (Å²) < 4.78 is 22.0. The molecule has 0 bridgehead atoms. The number of ether oxygens (including phenoxy) is 4. The summed E-state index contributed by atoms with van der Waals surface area (Å²) in [6.07, 6.45) is 5.28. The first kappa shape index (κ1) is 20.5. The Hall–Kier alpha value is -1.79.